The standard InChI is InChI=1S/C19H28N2O3/c1-4-18(22)15-8-10-17(11-9-15)24-14-19(23)21-12-6-5-7-16(13-21)20(2)3/h8-11,16H,4-7,12-14H2,1-3H3/t16-/m0/s1. The van der Waals surface area contributed by atoms with Gasteiger partial charge in [0.05, 0.1) is 0 Å². The third-order valence-corrected chi connectivity index (χ3v) is 4.59. The smallest absolute Gasteiger partial charge is 0.260 e. The van der Waals surface area contributed by atoms with E-state index in [1.807, 2.05) is 11.8 Å². The summed E-state index contributed by atoms with van der Waals surface area (Å²) in [5.41, 5.74) is 0.678. The molecule has 0 spiro atoms. The maximum absolute atomic E-state index is 12.4. The Morgan fingerprint density at radius 1 is 1.21 bits per heavy atom. The molecule has 1 saturated heterocycles. The number of likely N-dealkylation sites (tertiary alicyclic amines) is 1. The molecule has 1 aromatic carbocycles. The van der Waals surface area contributed by atoms with Crippen LogP contribution in [-0.4, -0.2) is 61.3 Å². The Balaban J connectivity index is 1.88. The number of Topliss-reactive ketones (excluding diaryl/α,β-unsaturated/α-hetero) is 1. The van der Waals surface area contributed by atoms with Gasteiger partial charge in [-0.3, -0.25) is 9.59 Å². The topological polar surface area (TPSA) is 49.9 Å². The van der Waals surface area contributed by atoms with Crippen molar-refractivity contribution in [3.05, 3.63) is 29.8 Å². The average molecular weight is 332 g/mol. The van der Waals surface area contributed by atoms with Gasteiger partial charge in [-0.15, -0.1) is 0 Å². The number of carbonyl (C=O) groups excluding carboxylic acids is 2. The van der Waals surface area contributed by atoms with Crippen LogP contribution < -0.4 is 4.74 Å². The molecule has 1 aliphatic rings. The molecule has 1 fully saturated rings. The van der Waals surface area contributed by atoms with Crippen LogP contribution in [0.3, 0.4) is 0 Å². The molecule has 1 aromatic rings. The van der Waals surface area contributed by atoms with Gasteiger partial charge in [0.1, 0.15) is 5.75 Å². The maximum atomic E-state index is 12.4. The first-order valence-electron chi connectivity index (χ1n) is 8.71. The van der Waals surface area contributed by atoms with Crippen LogP contribution in [0.1, 0.15) is 43.0 Å². The highest BCUT2D eigenvalue weighted by atomic mass is 16.5. The van der Waals surface area contributed by atoms with Crippen LogP contribution in [0.15, 0.2) is 24.3 Å². The monoisotopic (exact) mass is 332 g/mol. The highest BCUT2D eigenvalue weighted by Crippen LogP contribution is 2.16. The summed E-state index contributed by atoms with van der Waals surface area (Å²) in [4.78, 5) is 28.2. The summed E-state index contributed by atoms with van der Waals surface area (Å²) in [6.07, 6.45) is 3.82. The van der Waals surface area contributed by atoms with Crippen LogP contribution in [0.25, 0.3) is 0 Å². The maximum Gasteiger partial charge on any atom is 0.260 e. The predicted octanol–water partition coefficient (Wildman–Crippen LogP) is 2.60. The second kappa shape index (κ2) is 8.83. The van der Waals surface area contributed by atoms with E-state index in [1.54, 1.807) is 24.3 Å². The summed E-state index contributed by atoms with van der Waals surface area (Å²) >= 11 is 0. The van der Waals surface area contributed by atoms with E-state index < -0.39 is 0 Å². The van der Waals surface area contributed by atoms with Gasteiger partial charge in [0.2, 0.25) is 0 Å². The minimum absolute atomic E-state index is 0.0254. The molecule has 24 heavy (non-hydrogen) atoms. The van der Waals surface area contributed by atoms with Crippen LogP contribution in [0.5, 0.6) is 5.75 Å². The summed E-state index contributed by atoms with van der Waals surface area (Å²) in [5.74, 6) is 0.754. The number of nitrogens with zero attached hydrogens (tertiary/aromatic N) is 2. The van der Waals surface area contributed by atoms with Gasteiger partial charge in [-0.1, -0.05) is 13.3 Å². The Morgan fingerprint density at radius 3 is 2.54 bits per heavy atom. The molecule has 0 aromatic heterocycles. The fraction of sp³-hybridized carbons (Fsp3) is 0.579. The zero-order chi connectivity index (χ0) is 17.5. The molecular formula is C19H28N2O3. The summed E-state index contributed by atoms with van der Waals surface area (Å²) in [6.45, 7) is 3.45. The molecule has 5 nitrogen and oxygen atoms in total. The summed E-state index contributed by atoms with van der Waals surface area (Å²) in [5, 5.41) is 0. The van der Waals surface area contributed by atoms with Crippen LogP contribution >= 0.6 is 0 Å². The fourth-order valence-corrected chi connectivity index (χ4v) is 2.95. The minimum atomic E-state index is 0.0254. The van der Waals surface area contributed by atoms with Crippen LogP contribution in [0, 0.1) is 0 Å². The lowest BCUT2D eigenvalue weighted by Gasteiger charge is -2.28. The van der Waals surface area contributed by atoms with E-state index in [4.69, 9.17) is 4.74 Å². The van der Waals surface area contributed by atoms with Crippen LogP contribution in [-0.2, 0) is 4.79 Å². The lowest BCUT2D eigenvalue weighted by atomic mass is 10.1. The number of ketones is 1. The third kappa shape index (κ3) is 5.06. The normalized spacial score (nSPS) is 18.3. The van der Waals surface area contributed by atoms with Gasteiger partial charge in [-0.25, -0.2) is 0 Å². The second-order valence-electron chi connectivity index (χ2n) is 6.54. The van der Waals surface area contributed by atoms with Crippen molar-refractivity contribution >= 4 is 11.7 Å². The number of rotatable bonds is 6. The molecule has 1 heterocycles. The first-order chi connectivity index (χ1) is 11.5. The van der Waals surface area contributed by atoms with Crippen LogP contribution in [0.2, 0.25) is 0 Å². The molecule has 1 amide bonds. The number of carbonyl (C=O) groups is 2. The molecule has 132 valence electrons. The second-order valence-corrected chi connectivity index (χ2v) is 6.54. The first-order valence-corrected chi connectivity index (χ1v) is 8.71. The molecule has 1 aliphatic heterocycles. The van der Waals surface area contributed by atoms with E-state index in [2.05, 4.69) is 19.0 Å². The summed E-state index contributed by atoms with van der Waals surface area (Å²) in [6, 6.07) is 7.41. The molecule has 0 N–H and O–H groups in total. The van der Waals surface area contributed by atoms with Gasteiger partial charge < -0.3 is 14.5 Å². The molecule has 0 saturated carbocycles. The zero-order valence-corrected chi connectivity index (χ0v) is 15.0. The molecule has 0 unspecified atom stereocenters. The van der Waals surface area contributed by atoms with E-state index in [0.717, 1.165) is 32.4 Å². The highest BCUT2D eigenvalue weighted by molar-refractivity contribution is 5.95. The van der Waals surface area contributed by atoms with E-state index >= 15 is 0 Å². The van der Waals surface area contributed by atoms with Gasteiger partial charge in [-0.05, 0) is 51.2 Å². The molecule has 1 atom stereocenters. The van der Waals surface area contributed by atoms with Gasteiger partial charge in [0, 0.05) is 31.1 Å². The van der Waals surface area contributed by atoms with Crippen molar-refractivity contribution in [1.29, 1.82) is 0 Å². The number of likely N-dealkylation sites (N-methyl/N-ethyl adjacent to an activating group) is 1. The van der Waals surface area contributed by atoms with Gasteiger partial charge in [0.25, 0.3) is 5.91 Å². The van der Waals surface area contributed by atoms with Crippen molar-refractivity contribution in [2.45, 2.75) is 38.6 Å². The average Bonchev–Trinajstić information content (AvgIpc) is 2.86. The molecule has 5 heteroatoms. The zero-order valence-electron chi connectivity index (χ0n) is 15.0. The molecule has 0 aliphatic carbocycles. The quantitative estimate of drug-likeness (QED) is 0.752. The number of hydrogen-bond donors (Lipinski definition) is 0. The van der Waals surface area contributed by atoms with Crippen molar-refractivity contribution in [3.8, 4) is 5.75 Å². The predicted molar refractivity (Wildman–Crippen MR) is 94.5 cm³/mol. The first kappa shape index (κ1) is 18.5. The number of amides is 1. The Labute approximate surface area is 144 Å². The Morgan fingerprint density at radius 2 is 1.92 bits per heavy atom. The number of hydrogen-bond acceptors (Lipinski definition) is 4. The lowest BCUT2D eigenvalue weighted by Crippen LogP contribution is -2.43. The Kier molecular flexibility index (Phi) is 6.79. The Bertz CT molecular complexity index is 554. The minimum Gasteiger partial charge on any atom is -0.484 e. The van der Waals surface area contributed by atoms with E-state index in [9.17, 15) is 9.59 Å². The van der Waals surface area contributed by atoms with E-state index in [1.165, 1.54) is 0 Å². The summed E-state index contributed by atoms with van der Waals surface area (Å²) < 4.78 is 5.61. The van der Waals surface area contributed by atoms with Gasteiger partial charge >= 0.3 is 0 Å². The lowest BCUT2D eigenvalue weighted by molar-refractivity contribution is -0.133. The van der Waals surface area contributed by atoms with Crippen molar-refractivity contribution < 1.29 is 14.3 Å². The third-order valence-electron chi connectivity index (χ3n) is 4.59. The van der Waals surface area contributed by atoms with Crippen LogP contribution in [0.4, 0.5) is 0 Å². The van der Waals surface area contributed by atoms with Crippen molar-refractivity contribution in [2.75, 3.05) is 33.8 Å². The van der Waals surface area contributed by atoms with Crippen molar-refractivity contribution in [1.82, 2.24) is 9.80 Å². The van der Waals surface area contributed by atoms with Crippen molar-refractivity contribution in [3.63, 3.8) is 0 Å². The molecule has 0 radical (unpaired) electrons. The number of benzene rings is 1. The summed E-state index contributed by atoms with van der Waals surface area (Å²) in [7, 11) is 4.13. The fourth-order valence-electron chi connectivity index (χ4n) is 2.95. The molecular weight excluding hydrogens is 304 g/mol. The molecule has 2 rings (SSSR count). The molecule has 0 bridgehead atoms. The number of ether oxygens (including phenoxy) is 1. The van der Waals surface area contributed by atoms with Crippen molar-refractivity contribution in [2.24, 2.45) is 0 Å². The van der Waals surface area contributed by atoms with E-state index in [0.29, 0.717) is 23.8 Å². The van der Waals surface area contributed by atoms with Gasteiger partial charge in [0.15, 0.2) is 12.4 Å². The van der Waals surface area contributed by atoms with Gasteiger partial charge in [-0.2, -0.15) is 0 Å². The SMILES string of the molecule is CCC(=O)c1ccc(OCC(=O)N2CCCC[C@H](N(C)C)C2)cc1. The Hall–Kier alpha value is -1.88. The highest BCUT2D eigenvalue weighted by Gasteiger charge is 2.23. The van der Waals surface area contributed by atoms with E-state index in [-0.39, 0.29) is 18.3 Å². The largest absolute Gasteiger partial charge is 0.484 e.